The number of nitrogens with zero attached hydrogens (tertiary/aromatic N) is 4. The molecule has 2 aromatic heterocycles. The monoisotopic (exact) mass is 280 g/mol. The Hall–Kier alpha value is -1.76. The molecule has 0 aromatic carbocycles. The zero-order valence-electron chi connectivity index (χ0n) is 10.7. The molecule has 7 heteroatoms. The molecule has 0 fully saturated rings. The first-order chi connectivity index (χ1) is 9.20. The number of hydrogen-bond acceptors (Lipinski definition) is 5. The Labute approximate surface area is 115 Å². The van der Waals surface area contributed by atoms with E-state index in [1.807, 2.05) is 24.4 Å². The lowest BCUT2D eigenvalue weighted by molar-refractivity contribution is -0.138. The summed E-state index contributed by atoms with van der Waals surface area (Å²) in [7, 11) is 0. The molecule has 0 saturated carbocycles. The molecule has 1 atom stereocenters. The number of carboxylic acid groups (broad SMARTS) is 1. The summed E-state index contributed by atoms with van der Waals surface area (Å²) in [5.41, 5.74) is 0. The van der Waals surface area contributed by atoms with E-state index in [1.165, 1.54) is 4.88 Å². The van der Waals surface area contributed by atoms with Crippen molar-refractivity contribution in [2.24, 2.45) is 0 Å². The number of aromatic nitrogens is 4. The number of thiophene rings is 1. The third-order valence-electron chi connectivity index (χ3n) is 2.85. The van der Waals surface area contributed by atoms with Crippen LogP contribution in [0.1, 0.15) is 42.9 Å². The topological polar surface area (TPSA) is 80.9 Å². The van der Waals surface area contributed by atoms with E-state index >= 15 is 0 Å². The van der Waals surface area contributed by atoms with Crippen molar-refractivity contribution < 1.29 is 9.90 Å². The van der Waals surface area contributed by atoms with Crippen LogP contribution in [0.15, 0.2) is 17.5 Å². The first kappa shape index (κ1) is 13.7. The molecule has 1 N–H and O–H groups in total. The molecule has 0 radical (unpaired) electrons. The summed E-state index contributed by atoms with van der Waals surface area (Å²) in [5, 5.41) is 22.7. The number of carboxylic acids is 1. The summed E-state index contributed by atoms with van der Waals surface area (Å²) in [4.78, 5) is 12.1. The maximum atomic E-state index is 10.9. The van der Waals surface area contributed by atoms with Gasteiger partial charge in [0.1, 0.15) is 0 Å². The molecule has 0 saturated heterocycles. The Morgan fingerprint density at radius 3 is 3.05 bits per heavy atom. The van der Waals surface area contributed by atoms with Crippen LogP contribution >= 0.6 is 11.3 Å². The molecule has 1 unspecified atom stereocenters. The SMILES string of the molecule is CCCC(CC(=O)O)n1nnnc1Cc1cccs1. The standard InChI is InChI=1S/C12H16N4O2S/c1-2-4-9(7-12(17)18)16-11(13-14-15-16)8-10-5-3-6-19-10/h3,5-6,9H,2,4,7-8H2,1H3,(H,17,18). The number of aliphatic carboxylic acids is 1. The van der Waals surface area contributed by atoms with Gasteiger partial charge in [-0.2, -0.15) is 0 Å². The van der Waals surface area contributed by atoms with Crippen LogP contribution in [0.3, 0.4) is 0 Å². The molecule has 2 rings (SSSR count). The Morgan fingerprint density at radius 1 is 1.58 bits per heavy atom. The number of tetrazole rings is 1. The van der Waals surface area contributed by atoms with Crippen LogP contribution in [-0.2, 0) is 11.2 Å². The fourth-order valence-electron chi connectivity index (χ4n) is 2.03. The summed E-state index contributed by atoms with van der Waals surface area (Å²) in [5.74, 6) is -0.0989. The van der Waals surface area contributed by atoms with Gasteiger partial charge in [-0.3, -0.25) is 4.79 Å². The van der Waals surface area contributed by atoms with Gasteiger partial charge in [0.25, 0.3) is 0 Å². The van der Waals surface area contributed by atoms with Crippen LogP contribution in [0.4, 0.5) is 0 Å². The van der Waals surface area contributed by atoms with Gasteiger partial charge in [-0.15, -0.1) is 16.4 Å². The molecule has 19 heavy (non-hydrogen) atoms. The second kappa shape index (κ2) is 6.42. The lowest BCUT2D eigenvalue weighted by Crippen LogP contribution is -2.17. The first-order valence-electron chi connectivity index (χ1n) is 6.21. The van der Waals surface area contributed by atoms with Gasteiger partial charge < -0.3 is 5.11 Å². The van der Waals surface area contributed by atoms with Crippen molar-refractivity contribution in [3.05, 3.63) is 28.2 Å². The van der Waals surface area contributed by atoms with Crippen LogP contribution in [-0.4, -0.2) is 31.3 Å². The van der Waals surface area contributed by atoms with Crippen LogP contribution in [0, 0.1) is 0 Å². The minimum atomic E-state index is -0.823. The molecule has 6 nitrogen and oxygen atoms in total. The Balaban J connectivity index is 2.18. The second-order valence-corrected chi connectivity index (χ2v) is 5.37. The Bertz CT molecular complexity index is 524. The molecule has 0 aliphatic rings. The predicted octanol–water partition coefficient (Wildman–Crippen LogP) is 2.14. The third-order valence-corrected chi connectivity index (χ3v) is 3.73. The van der Waals surface area contributed by atoms with Crippen molar-refractivity contribution in [3.63, 3.8) is 0 Å². The predicted molar refractivity (Wildman–Crippen MR) is 71.1 cm³/mol. The zero-order chi connectivity index (χ0) is 13.7. The molecular weight excluding hydrogens is 264 g/mol. The van der Waals surface area contributed by atoms with E-state index in [0.29, 0.717) is 6.42 Å². The molecule has 0 spiro atoms. The second-order valence-electron chi connectivity index (χ2n) is 4.34. The molecular formula is C12H16N4O2S. The maximum absolute atomic E-state index is 10.9. The number of carbonyl (C=O) groups is 1. The lowest BCUT2D eigenvalue weighted by Gasteiger charge is -2.15. The summed E-state index contributed by atoms with van der Waals surface area (Å²) in [6.45, 7) is 2.03. The normalized spacial score (nSPS) is 12.5. The van der Waals surface area contributed by atoms with Gasteiger partial charge in [0.2, 0.25) is 0 Å². The average molecular weight is 280 g/mol. The van der Waals surface area contributed by atoms with E-state index in [2.05, 4.69) is 15.5 Å². The smallest absolute Gasteiger partial charge is 0.305 e. The van der Waals surface area contributed by atoms with Gasteiger partial charge in [-0.1, -0.05) is 19.4 Å². The van der Waals surface area contributed by atoms with Crippen LogP contribution in [0.2, 0.25) is 0 Å². The minimum Gasteiger partial charge on any atom is -0.481 e. The van der Waals surface area contributed by atoms with Crippen molar-refractivity contribution in [1.29, 1.82) is 0 Å². The fraction of sp³-hybridized carbons (Fsp3) is 0.500. The van der Waals surface area contributed by atoms with Crippen molar-refractivity contribution in [3.8, 4) is 0 Å². The molecule has 2 heterocycles. The number of rotatable bonds is 7. The van der Waals surface area contributed by atoms with E-state index in [9.17, 15) is 4.79 Å². The Morgan fingerprint density at radius 2 is 2.42 bits per heavy atom. The maximum Gasteiger partial charge on any atom is 0.305 e. The first-order valence-corrected chi connectivity index (χ1v) is 7.09. The van der Waals surface area contributed by atoms with Gasteiger partial charge in [0, 0.05) is 11.3 Å². The number of hydrogen-bond donors (Lipinski definition) is 1. The van der Waals surface area contributed by atoms with Crippen LogP contribution < -0.4 is 0 Å². The molecule has 0 aliphatic carbocycles. The third kappa shape index (κ3) is 3.60. The van der Waals surface area contributed by atoms with Gasteiger partial charge >= 0.3 is 5.97 Å². The molecule has 102 valence electrons. The summed E-state index contributed by atoms with van der Waals surface area (Å²) >= 11 is 1.64. The quantitative estimate of drug-likeness (QED) is 0.840. The minimum absolute atomic E-state index is 0.0519. The average Bonchev–Trinajstić information content (AvgIpc) is 3.00. The highest BCUT2D eigenvalue weighted by atomic mass is 32.1. The van der Waals surface area contributed by atoms with Crippen molar-refractivity contribution in [2.75, 3.05) is 0 Å². The molecule has 0 bridgehead atoms. The fourth-order valence-corrected chi connectivity index (χ4v) is 2.73. The van der Waals surface area contributed by atoms with Gasteiger partial charge in [0.05, 0.1) is 12.5 Å². The van der Waals surface area contributed by atoms with Crippen molar-refractivity contribution in [2.45, 2.75) is 38.6 Å². The molecule has 2 aromatic rings. The lowest BCUT2D eigenvalue weighted by atomic mass is 10.1. The van der Waals surface area contributed by atoms with Gasteiger partial charge in [-0.05, 0) is 28.3 Å². The van der Waals surface area contributed by atoms with Crippen molar-refractivity contribution in [1.82, 2.24) is 20.2 Å². The van der Waals surface area contributed by atoms with Gasteiger partial charge in [-0.25, -0.2) is 4.68 Å². The van der Waals surface area contributed by atoms with Crippen molar-refractivity contribution >= 4 is 17.3 Å². The van der Waals surface area contributed by atoms with E-state index in [0.717, 1.165) is 18.7 Å². The van der Waals surface area contributed by atoms with Crippen LogP contribution in [0.5, 0.6) is 0 Å². The van der Waals surface area contributed by atoms with E-state index < -0.39 is 5.97 Å². The van der Waals surface area contributed by atoms with E-state index in [-0.39, 0.29) is 12.5 Å². The molecule has 0 aliphatic heterocycles. The van der Waals surface area contributed by atoms with E-state index in [1.54, 1.807) is 16.0 Å². The highest BCUT2D eigenvalue weighted by molar-refractivity contribution is 7.09. The summed E-state index contributed by atoms with van der Waals surface area (Å²) in [6.07, 6.45) is 2.35. The largest absolute Gasteiger partial charge is 0.481 e. The molecule has 0 amide bonds. The summed E-state index contributed by atoms with van der Waals surface area (Å²) < 4.78 is 1.66. The summed E-state index contributed by atoms with van der Waals surface area (Å²) in [6, 6.07) is 3.83. The van der Waals surface area contributed by atoms with Gasteiger partial charge in [0.15, 0.2) is 5.82 Å². The highest BCUT2D eigenvalue weighted by Gasteiger charge is 2.19. The zero-order valence-corrected chi connectivity index (χ0v) is 11.5. The Kier molecular flexibility index (Phi) is 4.62. The highest BCUT2D eigenvalue weighted by Crippen LogP contribution is 2.20. The van der Waals surface area contributed by atoms with E-state index in [4.69, 9.17) is 5.11 Å². The van der Waals surface area contributed by atoms with Crippen LogP contribution in [0.25, 0.3) is 0 Å².